The first-order chi connectivity index (χ1) is 6.68. The summed E-state index contributed by atoms with van der Waals surface area (Å²) < 4.78 is 4.75. The van der Waals surface area contributed by atoms with Crippen LogP contribution in [-0.2, 0) is 14.9 Å². The third-order valence-corrected chi connectivity index (χ3v) is 3.16. The highest BCUT2D eigenvalue weighted by Crippen LogP contribution is 2.54. The second-order valence-corrected chi connectivity index (χ2v) is 4.06. The van der Waals surface area contributed by atoms with Crippen LogP contribution in [0.3, 0.4) is 0 Å². The van der Waals surface area contributed by atoms with Crippen molar-refractivity contribution < 1.29 is 9.53 Å². The second-order valence-electron chi connectivity index (χ2n) is 4.06. The van der Waals surface area contributed by atoms with Crippen molar-refractivity contribution in [3.8, 4) is 0 Å². The predicted octanol–water partition coefficient (Wildman–Crippen LogP) is 2.14. The second kappa shape index (κ2) is 3.12. The molecule has 1 fully saturated rings. The lowest BCUT2D eigenvalue weighted by Gasteiger charge is -2.10. The molecule has 0 radical (unpaired) electrons. The van der Waals surface area contributed by atoms with Crippen LogP contribution in [0.1, 0.15) is 18.9 Å². The Morgan fingerprint density at radius 3 is 2.64 bits per heavy atom. The van der Waals surface area contributed by atoms with Gasteiger partial charge in [0.15, 0.2) is 0 Å². The zero-order chi connectivity index (χ0) is 10.2. The van der Waals surface area contributed by atoms with Crippen LogP contribution in [0.15, 0.2) is 30.3 Å². The van der Waals surface area contributed by atoms with E-state index >= 15 is 0 Å². The number of hydrogen-bond acceptors (Lipinski definition) is 2. The van der Waals surface area contributed by atoms with Crippen LogP contribution >= 0.6 is 0 Å². The number of ether oxygens (including phenoxy) is 1. The molecule has 0 bridgehead atoms. The van der Waals surface area contributed by atoms with Crippen LogP contribution in [0.5, 0.6) is 0 Å². The van der Waals surface area contributed by atoms with Gasteiger partial charge >= 0.3 is 5.97 Å². The first kappa shape index (κ1) is 9.25. The molecule has 2 rings (SSSR count). The van der Waals surface area contributed by atoms with Crippen LogP contribution in [0, 0.1) is 5.92 Å². The van der Waals surface area contributed by atoms with Gasteiger partial charge in [-0.3, -0.25) is 4.79 Å². The summed E-state index contributed by atoms with van der Waals surface area (Å²) in [5.41, 5.74) is 1.24. The SMILES string of the molecule is COC(=O)[C@H]1C[C@@]1(C)c1ccccc1. The smallest absolute Gasteiger partial charge is 0.309 e. The van der Waals surface area contributed by atoms with Gasteiger partial charge in [0.05, 0.1) is 13.0 Å². The summed E-state index contributed by atoms with van der Waals surface area (Å²) in [5.74, 6) is -0.0359. The molecule has 1 aliphatic carbocycles. The summed E-state index contributed by atoms with van der Waals surface area (Å²) in [5, 5.41) is 0. The summed E-state index contributed by atoms with van der Waals surface area (Å²) >= 11 is 0. The first-order valence-electron chi connectivity index (χ1n) is 4.82. The van der Waals surface area contributed by atoms with Crippen molar-refractivity contribution in [1.82, 2.24) is 0 Å². The normalized spacial score (nSPS) is 29.7. The number of benzene rings is 1. The Morgan fingerprint density at radius 2 is 2.07 bits per heavy atom. The fourth-order valence-corrected chi connectivity index (χ4v) is 1.99. The molecule has 1 aromatic rings. The number of carbonyl (C=O) groups excluding carboxylic acids is 1. The summed E-state index contributed by atoms with van der Waals surface area (Å²) in [7, 11) is 1.45. The molecule has 14 heavy (non-hydrogen) atoms. The van der Waals surface area contributed by atoms with Gasteiger partial charge in [-0.25, -0.2) is 0 Å². The lowest BCUT2D eigenvalue weighted by molar-refractivity contribution is -0.142. The van der Waals surface area contributed by atoms with Gasteiger partial charge in [0.1, 0.15) is 0 Å². The molecular formula is C12H14O2. The quantitative estimate of drug-likeness (QED) is 0.668. The monoisotopic (exact) mass is 190 g/mol. The van der Waals surface area contributed by atoms with E-state index in [4.69, 9.17) is 4.74 Å². The van der Waals surface area contributed by atoms with Crippen LogP contribution < -0.4 is 0 Å². The number of rotatable bonds is 2. The standard InChI is InChI=1S/C12H14O2/c1-12(8-10(12)11(13)14-2)9-6-4-3-5-7-9/h3-7,10H,8H2,1-2H3/t10-,12+/m1/s1. The highest BCUT2D eigenvalue weighted by molar-refractivity contribution is 5.78. The maximum absolute atomic E-state index is 11.3. The molecule has 0 amide bonds. The Balaban J connectivity index is 2.19. The van der Waals surface area contributed by atoms with E-state index in [0.717, 1.165) is 6.42 Å². The van der Waals surface area contributed by atoms with E-state index in [2.05, 4.69) is 19.1 Å². The molecule has 1 saturated carbocycles. The van der Waals surface area contributed by atoms with Gasteiger partial charge in [0, 0.05) is 5.41 Å². The fourth-order valence-electron chi connectivity index (χ4n) is 1.99. The zero-order valence-electron chi connectivity index (χ0n) is 8.49. The Bertz CT molecular complexity index is 345. The van der Waals surface area contributed by atoms with E-state index in [-0.39, 0.29) is 17.3 Å². The molecule has 2 atom stereocenters. The summed E-state index contributed by atoms with van der Waals surface area (Å²) in [4.78, 5) is 11.3. The molecule has 0 spiro atoms. The molecule has 0 N–H and O–H groups in total. The average molecular weight is 190 g/mol. The molecule has 1 aliphatic rings. The van der Waals surface area contributed by atoms with Crippen molar-refractivity contribution >= 4 is 5.97 Å². The molecule has 2 nitrogen and oxygen atoms in total. The number of methoxy groups -OCH3 is 1. The topological polar surface area (TPSA) is 26.3 Å². The van der Waals surface area contributed by atoms with Crippen molar-refractivity contribution in [2.75, 3.05) is 7.11 Å². The number of esters is 1. The van der Waals surface area contributed by atoms with E-state index in [0.29, 0.717) is 0 Å². The lowest BCUT2D eigenvalue weighted by Crippen LogP contribution is -2.12. The van der Waals surface area contributed by atoms with E-state index in [9.17, 15) is 4.79 Å². The lowest BCUT2D eigenvalue weighted by atomic mass is 9.96. The summed E-state index contributed by atoms with van der Waals surface area (Å²) in [6.45, 7) is 2.11. The molecule has 1 aromatic carbocycles. The van der Waals surface area contributed by atoms with Gasteiger partial charge in [-0.2, -0.15) is 0 Å². The van der Waals surface area contributed by atoms with Crippen molar-refractivity contribution in [1.29, 1.82) is 0 Å². The number of hydrogen-bond donors (Lipinski definition) is 0. The maximum atomic E-state index is 11.3. The van der Waals surface area contributed by atoms with Crippen molar-refractivity contribution in [2.24, 2.45) is 5.92 Å². The molecule has 0 saturated heterocycles. The highest BCUT2D eigenvalue weighted by atomic mass is 16.5. The van der Waals surface area contributed by atoms with E-state index < -0.39 is 0 Å². The van der Waals surface area contributed by atoms with Gasteiger partial charge in [-0.1, -0.05) is 37.3 Å². The third-order valence-electron chi connectivity index (χ3n) is 3.16. The van der Waals surface area contributed by atoms with Crippen molar-refractivity contribution in [3.05, 3.63) is 35.9 Å². The summed E-state index contributed by atoms with van der Waals surface area (Å²) in [6, 6.07) is 10.1. The van der Waals surface area contributed by atoms with Gasteiger partial charge in [0.25, 0.3) is 0 Å². The third kappa shape index (κ3) is 1.31. The first-order valence-corrected chi connectivity index (χ1v) is 4.82. The number of carbonyl (C=O) groups is 1. The summed E-state index contributed by atoms with van der Waals surface area (Å²) in [6.07, 6.45) is 0.906. The van der Waals surface area contributed by atoms with Gasteiger partial charge in [-0.15, -0.1) is 0 Å². The Labute approximate surface area is 83.9 Å². The highest BCUT2D eigenvalue weighted by Gasteiger charge is 2.56. The fraction of sp³-hybridized carbons (Fsp3) is 0.417. The molecular weight excluding hydrogens is 176 g/mol. The molecule has 74 valence electrons. The van der Waals surface area contributed by atoms with Gasteiger partial charge < -0.3 is 4.74 Å². The Hall–Kier alpha value is -1.31. The van der Waals surface area contributed by atoms with Crippen LogP contribution in [0.2, 0.25) is 0 Å². The predicted molar refractivity (Wildman–Crippen MR) is 53.9 cm³/mol. The molecule has 0 aliphatic heterocycles. The minimum Gasteiger partial charge on any atom is -0.469 e. The van der Waals surface area contributed by atoms with Gasteiger partial charge in [0.2, 0.25) is 0 Å². The van der Waals surface area contributed by atoms with Crippen LogP contribution in [-0.4, -0.2) is 13.1 Å². The van der Waals surface area contributed by atoms with E-state index in [1.54, 1.807) is 0 Å². The largest absolute Gasteiger partial charge is 0.469 e. The van der Waals surface area contributed by atoms with E-state index in [1.165, 1.54) is 12.7 Å². The molecule has 0 aromatic heterocycles. The van der Waals surface area contributed by atoms with Crippen LogP contribution in [0.25, 0.3) is 0 Å². The van der Waals surface area contributed by atoms with Crippen molar-refractivity contribution in [2.45, 2.75) is 18.8 Å². The maximum Gasteiger partial charge on any atom is 0.309 e. The van der Waals surface area contributed by atoms with Crippen molar-refractivity contribution in [3.63, 3.8) is 0 Å². The zero-order valence-corrected chi connectivity index (χ0v) is 8.49. The average Bonchev–Trinajstić information content (AvgIpc) is 2.93. The minimum atomic E-state index is -0.0867. The Kier molecular flexibility index (Phi) is 2.06. The Morgan fingerprint density at radius 1 is 1.43 bits per heavy atom. The minimum absolute atomic E-state index is 0.00829. The molecule has 0 heterocycles. The van der Waals surface area contributed by atoms with Crippen LogP contribution in [0.4, 0.5) is 0 Å². The molecule has 2 heteroatoms. The molecule has 0 unspecified atom stereocenters. The van der Waals surface area contributed by atoms with Gasteiger partial charge in [-0.05, 0) is 12.0 Å². The van der Waals surface area contributed by atoms with E-state index in [1.807, 2.05) is 18.2 Å².